The zero-order chi connectivity index (χ0) is 16.6. The zero-order valence-corrected chi connectivity index (χ0v) is 13.4. The van der Waals surface area contributed by atoms with Crippen LogP contribution in [0, 0.1) is 23.0 Å². The molecule has 6 nitrogen and oxygen atoms in total. The predicted octanol–water partition coefficient (Wildman–Crippen LogP) is 3.05. The van der Waals surface area contributed by atoms with Crippen LogP contribution in [0.3, 0.4) is 0 Å². The maximum absolute atomic E-state index is 11.1. The molecule has 0 aliphatic carbocycles. The topological polar surface area (TPSA) is 79.5 Å². The monoisotopic (exact) mass is 315 g/mol. The van der Waals surface area contributed by atoms with Crippen LogP contribution in [0.5, 0.6) is 0 Å². The van der Waals surface area contributed by atoms with Gasteiger partial charge < -0.3 is 10.0 Å². The van der Waals surface area contributed by atoms with Crippen LogP contribution in [0.1, 0.15) is 25.5 Å². The normalized spacial score (nSPS) is 17.4. The van der Waals surface area contributed by atoms with Gasteiger partial charge in [-0.25, -0.2) is 0 Å². The van der Waals surface area contributed by atoms with Crippen molar-refractivity contribution < 1.29 is 10.0 Å². The summed E-state index contributed by atoms with van der Waals surface area (Å²) in [5.41, 5.74) is 2.77. The van der Waals surface area contributed by atoms with E-state index in [0.717, 1.165) is 48.2 Å². The molecule has 1 fully saturated rings. The van der Waals surface area contributed by atoms with Crippen LogP contribution >= 0.6 is 0 Å². The second-order valence-electron chi connectivity index (χ2n) is 6.31. The van der Waals surface area contributed by atoms with Crippen molar-refractivity contribution in [2.24, 2.45) is 5.92 Å². The van der Waals surface area contributed by atoms with Gasteiger partial charge in [0.2, 0.25) is 0 Å². The lowest BCUT2D eigenvalue weighted by Crippen LogP contribution is -2.37. The molecule has 2 heterocycles. The van der Waals surface area contributed by atoms with Crippen molar-refractivity contribution in [3.63, 3.8) is 0 Å². The first-order chi connectivity index (χ1) is 11.0. The molecule has 0 unspecified atom stereocenters. The van der Waals surface area contributed by atoms with Crippen LogP contribution in [-0.4, -0.2) is 34.2 Å². The lowest BCUT2D eigenvalue weighted by molar-refractivity contribution is -0.384. The first-order valence-corrected chi connectivity index (χ1v) is 7.94. The molecule has 0 spiro atoms. The van der Waals surface area contributed by atoms with Crippen LogP contribution in [-0.2, 0) is 0 Å². The molecule has 3 rings (SSSR count). The second-order valence-corrected chi connectivity index (χ2v) is 6.31. The number of non-ortho nitro benzene ring substituents is 1. The first kappa shape index (κ1) is 15.7. The molecule has 1 aromatic heterocycles. The zero-order valence-electron chi connectivity index (χ0n) is 13.4. The van der Waals surface area contributed by atoms with E-state index in [2.05, 4.69) is 9.88 Å². The smallest absolute Gasteiger partial charge is 0.270 e. The number of aliphatic hydroxyl groups excluding tert-OH is 1. The molecule has 1 aliphatic heterocycles. The molecule has 122 valence electrons. The molecular weight excluding hydrogens is 294 g/mol. The Bertz CT molecular complexity index is 737. The maximum atomic E-state index is 11.1. The lowest BCUT2D eigenvalue weighted by atomic mass is 9.91. The molecule has 23 heavy (non-hydrogen) atoms. The van der Waals surface area contributed by atoms with Gasteiger partial charge in [0.25, 0.3) is 5.69 Å². The van der Waals surface area contributed by atoms with Crippen molar-refractivity contribution >= 4 is 22.3 Å². The Balaban J connectivity index is 1.99. The minimum atomic E-state index is -0.372. The SMILES string of the molecule is Cc1cc(N2CCC([C@H](C)O)CC2)c2cc([N+](=O)[O-])ccc2n1. The number of piperidine rings is 1. The van der Waals surface area contributed by atoms with Gasteiger partial charge in [-0.15, -0.1) is 0 Å². The van der Waals surface area contributed by atoms with Crippen LogP contribution in [0.2, 0.25) is 0 Å². The Morgan fingerprint density at radius 3 is 2.65 bits per heavy atom. The van der Waals surface area contributed by atoms with Gasteiger partial charge in [-0.05, 0) is 44.7 Å². The number of hydrogen-bond acceptors (Lipinski definition) is 5. The molecule has 0 bridgehead atoms. The summed E-state index contributed by atoms with van der Waals surface area (Å²) >= 11 is 0. The highest BCUT2D eigenvalue weighted by Gasteiger charge is 2.24. The van der Waals surface area contributed by atoms with Crippen molar-refractivity contribution in [2.45, 2.75) is 32.8 Å². The van der Waals surface area contributed by atoms with Gasteiger partial charge in [0.1, 0.15) is 0 Å². The average Bonchev–Trinajstić information content (AvgIpc) is 2.53. The molecule has 1 saturated heterocycles. The third-order valence-electron chi connectivity index (χ3n) is 4.67. The van der Waals surface area contributed by atoms with E-state index < -0.39 is 0 Å². The summed E-state index contributed by atoms with van der Waals surface area (Å²) < 4.78 is 0. The highest BCUT2D eigenvalue weighted by Crippen LogP contribution is 2.33. The number of aryl methyl sites for hydroxylation is 1. The summed E-state index contributed by atoms with van der Waals surface area (Å²) in [4.78, 5) is 17.4. The second kappa shape index (κ2) is 6.12. The van der Waals surface area contributed by atoms with Gasteiger partial charge >= 0.3 is 0 Å². The molecule has 1 aliphatic rings. The summed E-state index contributed by atoms with van der Waals surface area (Å²) in [6, 6.07) is 6.82. The summed E-state index contributed by atoms with van der Waals surface area (Å²) in [6.45, 7) is 5.47. The first-order valence-electron chi connectivity index (χ1n) is 7.94. The molecule has 6 heteroatoms. The molecule has 1 atom stereocenters. The van der Waals surface area contributed by atoms with Gasteiger partial charge in [-0.2, -0.15) is 0 Å². The number of nitro groups is 1. The van der Waals surface area contributed by atoms with E-state index in [4.69, 9.17) is 0 Å². The minimum absolute atomic E-state index is 0.0864. The van der Waals surface area contributed by atoms with E-state index in [0.29, 0.717) is 5.92 Å². The van der Waals surface area contributed by atoms with Crippen molar-refractivity contribution in [1.82, 2.24) is 4.98 Å². The molecule has 0 amide bonds. The Kier molecular flexibility index (Phi) is 4.17. The number of aliphatic hydroxyl groups is 1. The number of nitrogens with zero attached hydrogens (tertiary/aromatic N) is 3. The summed E-state index contributed by atoms with van der Waals surface area (Å²) in [7, 11) is 0. The van der Waals surface area contributed by atoms with Gasteiger partial charge in [0.05, 0.1) is 16.5 Å². The third kappa shape index (κ3) is 3.12. The van der Waals surface area contributed by atoms with Crippen molar-refractivity contribution in [3.05, 3.63) is 40.1 Å². The fraction of sp³-hybridized carbons (Fsp3) is 0.471. The molecule has 2 aromatic rings. The Morgan fingerprint density at radius 1 is 1.35 bits per heavy atom. The molecule has 1 N–H and O–H groups in total. The summed E-state index contributed by atoms with van der Waals surface area (Å²) in [5, 5.41) is 21.6. The van der Waals surface area contributed by atoms with Crippen molar-refractivity contribution in [1.29, 1.82) is 0 Å². The highest BCUT2D eigenvalue weighted by atomic mass is 16.6. The Labute approximate surface area is 134 Å². The molecule has 0 radical (unpaired) electrons. The number of benzene rings is 1. The van der Waals surface area contributed by atoms with E-state index in [1.165, 1.54) is 6.07 Å². The van der Waals surface area contributed by atoms with Crippen LogP contribution in [0.15, 0.2) is 24.3 Å². The highest BCUT2D eigenvalue weighted by molar-refractivity contribution is 5.93. The summed E-state index contributed by atoms with van der Waals surface area (Å²) in [6.07, 6.45) is 1.57. The average molecular weight is 315 g/mol. The van der Waals surface area contributed by atoms with Gasteiger partial charge in [-0.1, -0.05) is 0 Å². The number of aromatic nitrogens is 1. The standard InChI is InChI=1S/C17H21N3O3/c1-11-9-17(19-7-5-13(6-8-19)12(2)21)15-10-14(20(22)23)3-4-16(15)18-11/h3-4,9-10,12-13,21H,5-8H2,1-2H3/t12-/m0/s1. The van der Waals surface area contributed by atoms with Gasteiger partial charge in [-0.3, -0.25) is 15.1 Å². The van der Waals surface area contributed by atoms with Crippen LogP contribution in [0.25, 0.3) is 10.9 Å². The van der Waals surface area contributed by atoms with Gasteiger partial charge in [0, 0.05) is 42.0 Å². The van der Waals surface area contributed by atoms with Crippen molar-refractivity contribution in [3.8, 4) is 0 Å². The Morgan fingerprint density at radius 2 is 2.04 bits per heavy atom. The third-order valence-corrected chi connectivity index (χ3v) is 4.67. The number of fused-ring (bicyclic) bond motifs is 1. The van der Waals surface area contributed by atoms with E-state index in [-0.39, 0.29) is 16.7 Å². The number of rotatable bonds is 3. The van der Waals surface area contributed by atoms with Crippen LogP contribution < -0.4 is 4.90 Å². The molecule has 1 aromatic carbocycles. The van der Waals surface area contributed by atoms with Gasteiger partial charge in [0.15, 0.2) is 0 Å². The Hall–Kier alpha value is -2.21. The number of hydrogen-bond donors (Lipinski definition) is 1. The maximum Gasteiger partial charge on any atom is 0.270 e. The van der Waals surface area contributed by atoms with E-state index in [1.54, 1.807) is 12.1 Å². The quantitative estimate of drug-likeness (QED) is 0.695. The molecule has 0 saturated carbocycles. The lowest BCUT2D eigenvalue weighted by Gasteiger charge is -2.35. The number of pyridine rings is 1. The fourth-order valence-corrected chi connectivity index (χ4v) is 3.32. The van der Waals surface area contributed by atoms with E-state index >= 15 is 0 Å². The van der Waals surface area contributed by atoms with Crippen LogP contribution in [0.4, 0.5) is 11.4 Å². The summed E-state index contributed by atoms with van der Waals surface area (Å²) in [5.74, 6) is 0.329. The fourth-order valence-electron chi connectivity index (χ4n) is 3.32. The largest absolute Gasteiger partial charge is 0.393 e. The van der Waals surface area contributed by atoms with E-state index in [1.807, 2.05) is 19.9 Å². The van der Waals surface area contributed by atoms with E-state index in [9.17, 15) is 15.2 Å². The number of anilines is 1. The van der Waals surface area contributed by atoms with Crippen molar-refractivity contribution in [2.75, 3.05) is 18.0 Å². The number of nitro benzene ring substituents is 1. The predicted molar refractivity (Wildman–Crippen MR) is 89.8 cm³/mol. The minimum Gasteiger partial charge on any atom is -0.393 e. The molecular formula is C17H21N3O3.